The Hall–Kier alpha value is -3.23. The number of anilines is 1. The molecule has 0 atom stereocenters. The number of carbonyl (C=O) groups excluding carboxylic acids is 2. The van der Waals surface area contributed by atoms with Gasteiger partial charge in [-0.1, -0.05) is 60.9 Å². The third-order valence-corrected chi connectivity index (χ3v) is 8.07. The highest BCUT2D eigenvalue weighted by molar-refractivity contribution is 6.30. The fourth-order valence-corrected chi connectivity index (χ4v) is 5.46. The number of para-hydroxylation sites is 1. The molecule has 2 amide bonds. The van der Waals surface area contributed by atoms with Crippen LogP contribution in [0.5, 0.6) is 0 Å². The van der Waals surface area contributed by atoms with Gasteiger partial charge in [0.1, 0.15) is 0 Å². The zero-order valence-corrected chi connectivity index (χ0v) is 24.9. The van der Waals surface area contributed by atoms with Crippen molar-refractivity contribution in [1.29, 1.82) is 0 Å². The number of benzene rings is 2. The van der Waals surface area contributed by atoms with Gasteiger partial charge in [0.25, 0.3) is 0 Å². The van der Waals surface area contributed by atoms with Crippen LogP contribution in [0.25, 0.3) is 0 Å². The molecule has 2 aromatic carbocycles. The van der Waals surface area contributed by atoms with Crippen molar-refractivity contribution < 1.29 is 14.1 Å². The van der Waals surface area contributed by atoms with Gasteiger partial charge in [-0.05, 0) is 55.0 Å². The molecule has 41 heavy (non-hydrogen) atoms. The lowest BCUT2D eigenvalue weighted by Gasteiger charge is -2.32. The molecule has 0 saturated heterocycles. The standard InChI is InChI=1S/C32H40ClN5O3/c1-23(2)31-34-29(41-35-31)15-16-30(39)37-19-5-17-36(21-24-9-13-27(33)14-10-24)18-6-20-38(32(40)25-11-12-25)28-8-4-3-7-26(28)22-37/h3-4,7-10,13-14,23,25H,5-6,11-12,15-22H2,1-2H3. The summed E-state index contributed by atoms with van der Waals surface area (Å²) in [5.74, 6) is 1.69. The second-order valence-corrected chi connectivity index (χ2v) is 12.0. The van der Waals surface area contributed by atoms with Crippen molar-refractivity contribution in [1.82, 2.24) is 19.9 Å². The molecule has 3 aromatic rings. The third-order valence-electron chi connectivity index (χ3n) is 7.82. The van der Waals surface area contributed by atoms with E-state index in [1.165, 1.54) is 5.56 Å². The summed E-state index contributed by atoms with van der Waals surface area (Å²) < 4.78 is 5.39. The fourth-order valence-electron chi connectivity index (χ4n) is 5.34. The van der Waals surface area contributed by atoms with Crippen LogP contribution in [0.3, 0.4) is 0 Å². The van der Waals surface area contributed by atoms with Gasteiger partial charge in [-0.2, -0.15) is 4.98 Å². The molecule has 0 spiro atoms. The molecule has 218 valence electrons. The summed E-state index contributed by atoms with van der Waals surface area (Å²) in [6, 6.07) is 16.0. The first-order valence-corrected chi connectivity index (χ1v) is 15.2. The number of rotatable bonds is 7. The first kappa shape index (κ1) is 29.3. The topological polar surface area (TPSA) is 82.8 Å². The SMILES string of the molecule is CC(C)c1noc(CCC(=O)N2CCCN(Cc3ccc(Cl)cc3)CCCN(C(=O)C3CC3)c3ccccc3C2)n1. The van der Waals surface area contributed by atoms with Gasteiger partial charge in [0.15, 0.2) is 5.82 Å². The zero-order chi connectivity index (χ0) is 28.8. The van der Waals surface area contributed by atoms with E-state index in [-0.39, 0.29) is 23.7 Å². The smallest absolute Gasteiger partial charge is 0.230 e. The van der Waals surface area contributed by atoms with E-state index >= 15 is 0 Å². The van der Waals surface area contributed by atoms with E-state index in [1.54, 1.807) is 0 Å². The van der Waals surface area contributed by atoms with Crippen LogP contribution in [0.15, 0.2) is 53.1 Å². The highest BCUT2D eigenvalue weighted by Gasteiger charge is 2.35. The van der Waals surface area contributed by atoms with Crippen molar-refractivity contribution in [2.45, 2.75) is 71.4 Å². The molecular weight excluding hydrogens is 538 g/mol. The van der Waals surface area contributed by atoms with Gasteiger partial charge in [0.05, 0.1) is 0 Å². The molecule has 1 aliphatic carbocycles. The number of aryl methyl sites for hydroxylation is 1. The van der Waals surface area contributed by atoms with Gasteiger partial charge < -0.3 is 14.3 Å². The Labute approximate surface area is 247 Å². The third kappa shape index (κ3) is 7.95. The molecule has 8 nitrogen and oxygen atoms in total. The molecule has 1 aromatic heterocycles. The Morgan fingerprint density at radius 1 is 1.00 bits per heavy atom. The summed E-state index contributed by atoms with van der Waals surface area (Å²) >= 11 is 6.12. The Balaban J connectivity index is 1.36. The van der Waals surface area contributed by atoms with Crippen LogP contribution >= 0.6 is 11.6 Å². The summed E-state index contributed by atoms with van der Waals surface area (Å²) in [5, 5.41) is 4.76. The lowest BCUT2D eigenvalue weighted by Crippen LogP contribution is -2.39. The first-order chi connectivity index (χ1) is 19.9. The van der Waals surface area contributed by atoms with Crippen molar-refractivity contribution in [3.63, 3.8) is 0 Å². The number of hydrogen-bond donors (Lipinski definition) is 0. The second kappa shape index (κ2) is 13.6. The highest BCUT2D eigenvalue weighted by Crippen LogP contribution is 2.34. The Kier molecular flexibility index (Phi) is 9.72. The average Bonchev–Trinajstić information content (AvgIpc) is 3.70. The number of halogens is 1. The number of amides is 2. The van der Waals surface area contributed by atoms with Gasteiger partial charge in [0.2, 0.25) is 17.7 Å². The van der Waals surface area contributed by atoms with E-state index in [2.05, 4.69) is 27.2 Å². The van der Waals surface area contributed by atoms with Crippen LogP contribution in [0.4, 0.5) is 5.69 Å². The summed E-state index contributed by atoms with van der Waals surface area (Å²) in [7, 11) is 0. The van der Waals surface area contributed by atoms with Crippen LogP contribution in [0.2, 0.25) is 5.02 Å². The van der Waals surface area contributed by atoms with Crippen LogP contribution in [-0.2, 0) is 29.1 Å². The molecule has 2 heterocycles. The van der Waals surface area contributed by atoms with Gasteiger partial charge >= 0.3 is 0 Å². The van der Waals surface area contributed by atoms with Crippen LogP contribution in [0.1, 0.15) is 74.7 Å². The van der Waals surface area contributed by atoms with E-state index < -0.39 is 0 Å². The Morgan fingerprint density at radius 3 is 2.44 bits per heavy atom. The molecular formula is C32H40ClN5O3. The van der Waals surface area contributed by atoms with E-state index in [0.29, 0.717) is 44.2 Å². The summed E-state index contributed by atoms with van der Waals surface area (Å²) in [5.41, 5.74) is 3.13. The lowest BCUT2D eigenvalue weighted by molar-refractivity contribution is -0.132. The van der Waals surface area contributed by atoms with Gasteiger partial charge in [-0.25, -0.2) is 0 Å². The number of carbonyl (C=O) groups is 2. The Morgan fingerprint density at radius 2 is 1.73 bits per heavy atom. The molecule has 0 bridgehead atoms. The van der Waals surface area contributed by atoms with Crippen molar-refractivity contribution in [2.24, 2.45) is 5.92 Å². The van der Waals surface area contributed by atoms with E-state index in [4.69, 9.17) is 16.1 Å². The van der Waals surface area contributed by atoms with Crippen molar-refractivity contribution in [2.75, 3.05) is 31.1 Å². The minimum absolute atomic E-state index is 0.0467. The molecule has 0 unspecified atom stereocenters. The van der Waals surface area contributed by atoms with Gasteiger partial charge in [-0.15, -0.1) is 0 Å². The summed E-state index contributed by atoms with van der Waals surface area (Å²) in [6.45, 7) is 8.29. The minimum Gasteiger partial charge on any atom is -0.339 e. The average molecular weight is 578 g/mol. The lowest BCUT2D eigenvalue weighted by atomic mass is 10.1. The van der Waals surface area contributed by atoms with Crippen molar-refractivity contribution >= 4 is 29.1 Å². The fraction of sp³-hybridized carbons (Fsp3) is 0.500. The molecule has 9 heteroatoms. The predicted octanol–water partition coefficient (Wildman–Crippen LogP) is 5.85. The monoisotopic (exact) mass is 577 g/mol. The number of fused-ring (bicyclic) bond motifs is 1. The van der Waals surface area contributed by atoms with Gasteiger partial charge in [0, 0.05) is 74.7 Å². The zero-order valence-electron chi connectivity index (χ0n) is 24.1. The molecule has 0 radical (unpaired) electrons. The Bertz CT molecular complexity index is 1320. The van der Waals surface area contributed by atoms with E-state index in [9.17, 15) is 9.59 Å². The molecule has 1 aliphatic heterocycles. The molecule has 2 aliphatic rings. The maximum atomic E-state index is 13.6. The normalized spacial score (nSPS) is 17.2. The molecule has 0 N–H and O–H groups in total. The maximum Gasteiger partial charge on any atom is 0.230 e. The number of hydrogen-bond acceptors (Lipinski definition) is 6. The van der Waals surface area contributed by atoms with Crippen LogP contribution < -0.4 is 4.90 Å². The van der Waals surface area contributed by atoms with E-state index in [0.717, 1.165) is 61.6 Å². The van der Waals surface area contributed by atoms with E-state index in [1.807, 2.05) is 60.0 Å². The minimum atomic E-state index is 0.0467. The summed E-state index contributed by atoms with van der Waals surface area (Å²) in [4.78, 5) is 37.8. The number of aromatic nitrogens is 2. The highest BCUT2D eigenvalue weighted by atomic mass is 35.5. The van der Waals surface area contributed by atoms with Crippen LogP contribution in [-0.4, -0.2) is 57.9 Å². The van der Waals surface area contributed by atoms with Crippen molar-refractivity contribution in [3.05, 3.63) is 76.4 Å². The molecule has 1 saturated carbocycles. The van der Waals surface area contributed by atoms with Crippen LogP contribution in [0, 0.1) is 5.92 Å². The maximum absolute atomic E-state index is 13.6. The number of nitrogens with zero attached hydrogens (tertiary/aromatic N) is 5. The summed E-state index contributed by atoms with van der Waals surface area (Å²) in [6.07, 6.45) is 4.35. The predicted molar refractivity (Wildman–Crippen MR) is 160 cm³/mol. The quantitative estimate of drug-likeness (QED) is 0.350. The molecule has 5 rings (SSSR count). The largest absolute Gasteiger partial charge is 0.339 e. The van der Waals surface area contributed by atoms with Crippen molar-refractivity contribution in [3.8, 4) is 0 Å². The van der Waals surface area contributed by atoms with Gasteiger partial charge in [-0.3, -0.25) is 14.5 Å². The first-order valence-electron chi connectivity index (χ1n) is 14.8. The molecule has 1 fully saturated rings. The second-order valence-electron chi connectivity index (χ2n) is 11.5.